The lowest BCUT2D eigenvalue weighted by Gasteiger charge is -2.22. The van der Waals surface area contributed by atoms with E-state index in [1.807, 2.05) is 54.6 Å². The van der Waals surface area contributed by atoms with Crippen molar-refractivity contribution in [1.29, 1.82) is 0 Å². The smallest absolute Gasteiger partial charge is 0.341 e. The number of aryl methyl sites for hydroxylation is 1. The lowest BCUT2D eigenvalue weighted by Crippen LogP contribution is -2.15. The van der Waals surface area contributed by atoms with Gasteiger partial charge in [-0.15, -0.1) is 0 Å². The van der Waals surface area contributed by atoms with Crippen LogP contribution >= 0.6 is 11.6 Å². The Morgan fingerprint density at radius 1 is 0.914 bits per heavy atom. The predicted molar refractivity (Wildman–Crippen MR) is 137 cm³/mol. The number of carbonyl (C=O) groups is 1. The maximum Gasteiger partial charge on any atom is 0.341 e. The van der Waals surface area contributed by atoms with Crippen molar-refractivity contribution in [3.63, 3.8) is 0 Å². The van der Waals surface area contributed by atoms with Crippen molar-refractivity contribution in [3.05, 3.63) is 134 Å². The number of aromatic amines is 1. The van der Waals surface area contributed by atoms with Crippen molar-refractivity contribution in [2.24, 2.45) is 0 Å². The first-order valence-corrected chi connectivity index (χ1v) is 11.8. The molecule has 0 radical (unpaired) electrons. The standard InChI is InChI=1S/C29H26ClNO4/c30-28-24(16-8-10-20-9-7-15-23(17-20)35-19-26(32)33)25(18-31-29(28)34)27(21-11-3-1-4-12-21)22-13-5-2-6-14-22/h1-7,9,11-15,17-18,27H,8,10,16,19H2,(H,31,34)(H,32,33). The minimum atomic E-state index is -1.02. The van der Waals surface area contributed by atoms with Crippen molar-refractivity contribution in [2.75, 3.05) is 6.61 Å². The summed E-state index contributed by atoms with van der Waals surface area (Å²) in [5.74, 6) is -0.569. The molecule has 1 heterocycles. The molecule has 4 aromatic rings. The number of benzene rings is 3. The largest absolute Gasteiger partial charge is 0.482 e. The van der Waals surface area contributed by atoms with E-state index in [0.717, 1.165) is 40.7 Å². The van der Waals surface area contributed by atoms with Gasteiger partial charge in [0.1, 0.15) is 10.8 Å². The van der Waals surface area contributed by atoms with Crippen molar-refractivity contribution in [2.45, 2.75) is 25.2 Å². The molecule has 0 amide bonds. The van der Waals surface area contributed by atoms with Crippen LogP contribution in [0.2, 0.25) is 5.02 Å². The minimum Gasteiger partial charge on any atom is -0.482 e. The van der Waals surface area contributed by atoms with Crippen LogP contribution in [-0.2, 0) is 17.6 Å². The average Bonchev–Trinajstić information content (AvgIpc) is 2.88. The summed E-state index contributed by atoms with van der Waals surface area (Å²) >= 11 is 6.58. The van der Waals surface area contributed by atoms with Gasteiger partial charge in [0.15, 0.2) is 6.61 Å². The lowest BCUT2D eigenvalue weighted by atomic mass is 9.83. The Kier molecular flexibility index (Phi) is 8.01. The summed E-state index contributed by atoms with van der Waals surface area (Å²) in [6, 6.07) is 27.8. The van der Waals surface area contributed by atoms with Crippen LogP contribution in [0.4, 0.5) is 0 Å². The van der Waals surface area contributed by atoms with Gasteiger partial charge in [-0.3, -0.25) is 4.79 Å². The molecule has 0 fully saturated rings. The fourth-order valence-electron chi connectivity index (χ4n) is 4.32. The first-order chi connectivity index (χ1) is 17.0. The monoisotopic (exact) mass is 487 g/mol. The molecule has 0 bridgehead atoms. The van der Waals surface area contributed by atoms with Gasteiger partial charge < -0.3 is 14.8 Å². The molecule has 0 spiro atoms. The summed E-state index contributed by atoms with van der Waals surface area (Å²) in [6.07, 6.45) is 3.89. The van der Waals surface area contributed by atoms with E-state index in [4.69, 9.17) is 21.4 Å². The molecule has 1 aromatic heterocycles. The molecule has 4 rings (SSSR count). The number of carboxylic acids is 1. The van der Waals surface area contributed by atoms with E-state index >= 15 is 0 Å². The van der Waals surface area contributed by atoms with Crippen LogP contribution in [0.3, 0.4) is 0 Å². The Labute approximate surface area is 209 Å². The van der Waals surface area contributed by atoms with Crippen LogP contribution in [0.1, 0.15) is 40.2 Å². The van der Waals surface area contributed by atoms with Crippen LogP contribution in [0.15, 0.2) is 95.9 Å². The first kappa shape index (κ1) is 24.3. The van der Waals surface area contributed by atoms with E-state index in [1.165, 1.54) is 0 Å². The number of nitrogens with one attached hydrogen (secondary N) is 1. The van der Waals surface area contributed by atoms with Gasteiger partial charge in [0.05, 0.1) is 0 Å². The second-order valence-electron chi connectivity index (χ2n) is 8.30. The average molecular weight is 488 g/mol. The predicted octanol–water partition coefficient (Wildman–Crippen LogP) is 5.85. The summed E-state index contributed by atoms with van der Waals surface area (Å²) in [5.41, 5.74) is 4.78. The first-order valence-electron chi connectivity index (χ1n) is 11.5. The number of pyridine rings is 1. The third kappa shape index (κ3) is 6.19. The normalized spacial score (nSPS) is 10.9. The molecule has 0 unspecified atom stereocenters. The van der Waals surface area contributed by atoms with Crippen LogP contribution in [0.25, 0.3) is 0 Å². The molecular formula is C29H26ClNO4. The number of halogens is 1. The van der Waals surface area contributed by atoms with Crippen LogP contribution in [-0.4, -0.2) is 22.7 Å². The highest BCUT2D eigenvalue weighted by molar-refractivity contribution is 6.31. The quantitative estimate of drug-likeness (QED) is 0.294. The number of ether oxygens (including phenoxy) is 1. The second kappa shape index (κ2) is 11.5. The van der Waals surface area contributed by atoms with E-state index in [2.05, 4.69) is 29.2 Å². The lowest BCUT2D eigenvalue weighted by molar-refractivity contribution is -0.139. The zero-order chi connectivity index (χ0) is 24.6. The molecule has 35 heavy (non-hydrogen) atoms. The molecule has 2 N–H and O–H groups in total. The number of hydrogen-bond acceptors (Lipinski definition) is 3. The SMILES string of the molecule is O=C(O)COc1cccc(CCCc2c(C(c3ccccc3)c3ccccc3)c[nH]c(=O)c2Cl)c1. The van der Waals surface area contributed by atoms with Gasteiger partial charge in [-0.05, 0) is 59.2 Å². The summed E-state index contributed by atoms with van der Waals surface area (Å²) in [5, 5.41) is 9.05. The van der Waals surface area contributed by atoms with Gasteiger partial charge in [0, 0.05) is 12.1 Å². The van der Waals surface area contributed by atoms with Gasteiger partial charge in [0.25, 0.3) is 5.56 Å². The number of carboxylic acid groups (broad SMARTS) is 1. The Hall–Kier alpha value is -3.83. The van der Waals surface area contributed by atoms with Gasteiger partial charge in [-0.1, -0.05) is 84.4 Å². The molecular weight excluding hydrogens is 462 g/mol. The highest BCUT2D eigenvalue weighted by Crippen LogP contribution is 2.35. The number of hydrogen-bond donors (Lipinski definition) is 2. The van der Waals surface area contributed by atoms with E-state index in [-0.39, 0.29) is 23.1 Å². The highest BCUT2D eigenvalue weighted by Gasteiger charge is 2.22. The molecule has 178 valence electrons. The molecule has 5 nitrogen and oxygen atoms in total. The zero-order valence-electron chi connectivity index (χ0n) is 19.1. The Bertz CT molecular complexity index is 1300. The summed E-state index contributed by atoms with van der Waals surface area (Å²) in [7, 11) is 0. The van der Waals surface area contributed by atoms with Gasteiger partial charge in [-0.25, -0.2) is 4.79 Å². The molecule has 6 heteroatoms. The fraction of sp³-hybridized carbons (Fsp3) is 0.172. The fourth-order valence-corrected chi connectivity index (χ4v) is 4.58. The summed E-state index contributed by atoms with van der Waals surface area (Å²) in [6.45, 7) is -0.379. The van der Waals surface area contributed by atoms with Crippen molar-refractivity contribution in [3.8, 4) is 5.75 Å². The third-order valence-electron chi connectivity index (χ3n) is 5.90. The molecule has 0 aliphatic carbocycles. The van der Waals surface area contributed by atoms with Crippen molar-refractivity contribution < 1.29 is 14.6 Å². The van der Waals surface area contributed by atoms with Crippen LogP contribution in [0, 0.1) is 0 Å². The molecule has 0 aliphatic rings. The van der Waals surface area contributed by atoms with Crippen LogP contribution in [0.5, 0.6) is 5.75 Å². The number of aromatic nitrogens is 1. The summed E-state index contributed by atoms with van der Waals surface area (Å²) < 4.78 is 5.29. The Balaban J connectivity index is 1.62. The highest BCUT2D eigenvalue weighted by atomic mass is 35.5. The van der Waals surface area contributed by atoms with E-state index < -0.39 is 5.97 Å². The van der Waals surface area contributed by atoms with E-state index in [1.54, 1.807) is 12.3 Å². The minimum absolute atomic E-state index is 0.0745. The van der Waals surface area contributed by atoms with Crippen LogP contribution < -0.4 is 10.3 Å². The molecule has 0 aliphatic heterocycles. The number of aliphatic carboxylic acids is 1. The van der Waals surface area contributed by atoms with Crippen molar-refractivity contribution >= 4 is 17.6 Å². The third-order valence-corrected chi connectivity index (χ3v) is 6.30. The van der Waals surface area contributed by atoms with Gasteiger partial charge >= 0.3 is 5.97 Å². The number of H-pyrrole nitrogens is 1. The molecule has 0 saturated carbocycles. The Morgan fingerprint density at radius 2 is 1.57 bits per heavy atom. The Morgan fingerprint density at radius 3 is 2.20 bits per heavy atom. The zero-order valence-corrected chi connectivity index (χ0v) is 19.9. The molecule has 0 saturated heterocycles. The second-order valence-corrected chi connectivity index (χ2v) is 8.68. The molecule has 3 aromatic carbocycles. The summed E-state index contributed by atoms with van der Waals surface area (Å²) in [4.78, 5) is 26.0. The topological polar surface area (TPSA) is 79.4 Å². The number of rotatable bonds is 10. The van der Waals surface area contributed by atoms with E-state index in [0.29, 0.717) is 12.2 Å². The maximum atomic E-state index is 12.4. The van der Waals surface area contributed by atoms with Gasteiger partial charge in [-0.2, -0.15) is 0 Å². The van der Waals surface area contributed by atoms with E-state index in [9.17, 15) is 9.59 Å². The molecule has 0 atom stereocenters. The maximum absolute atomic E-state index is 12.4. The van der Waals surface area contributed by atoms with Gasteiger partial charge in [0.2, 0.25) is 0 Å². The van der Waals surface area contributed by atoms with Crippen molar-refractivity contribution in [1.82, 2.24) is 4.98 Å².